The number of cyclic esters (lactones) is 1. The van der Waals surface area contributed by atoms with Crippen molar-refractivity contribution in [3.05, 3.63) is 35.9 Å². The molecule has 0 saturated carbocycles. The Labute approximate surface area is 197 Å². The van der Waals surface area contributed by atoms with Crippen molar-refractivity contribution >= 4 is 6.09 Å². The van der Waals surface area contributed by atoms with E-state index in [1.165, 1.54) is 83.5 Å². The molecule has 1 aliphatic heterocycles. The summed E-state index contributed by atoms with van der Waals surface area (Å²) in [4.78, 5) is 14.1. The minimum atomic E-state index is -0.230. The molecule has 0 spiro atoms. The topological polar surface area (TPSA) is 38.8 Å². The maximum atomic E-state index is 12.2. The van der Waals surface area contributed by atoms with Crippen molar-refractivity contribution in [2.45, 2.75) is 116 Å². The van der Waals surface area contributed by atoms with E-state index in [0.717, 1.165) is 18.6 Å². The van der Waals surface area contributed by atoms with E-state index in [-0.39, 0.29) is 18.2 Å². The van der Waals surface area contributed by atoms with Crippen LogP contribution in [0.5, 0.6) is 0 Å². The maximum absolute atomic E-state index is 12.2. The van der Waals surface area contributed by atoms with Crippen LogP contribution < -0.4 is 0 Å². The minimum absolute atomic E-state index is 0.000794. The molecule has 0 aromatic heterocycles. The summed E-state index contributed by atoms with van der Waals surface area (Å²) in [6.45, 7) is 6.10. The SMILES string of the molecule is CCCCCCCCCCCCCCCCOC[C@@H]1COC(=O)N1[C@@H](C)c1ccccc1. The van der Waals surface area contributed by atoms with Crippen LogP contribution >= 0.6 is 0 Å². The molecular formula is C28H47NO3. The second-order valence-corrected chi connectivity index (χ2v) is 9.40. The smallest absolute Gasteiger partial charge is 0.410 e. The van der Waals surface area contributed by atoms with Crippen molar-refractivity contribution in [1.82, 2.24) is 4.90 Å². The maximum Gasteiger partial charge on any atom is 0.410 e. The van der Waals surface area contributed by atoms with Crippen LogP contribution in [0.3, 0.4) is 0 Å². The van der Waals surface area contributed by atoms with Crippen molar-refractivity contribution in [2.24, 2.45) is 0 Å². The lowest BCUT2D eigenvalue weighted by atomic mass is 10.0. The van der Waals surface area contributed by atoms with Crippen molar-refractivity contribution in [3.63, 3.8) is 0 Å². The molecule has 4 nitrogen and oxygen atoms in total. The average Bonchev–Trinajstić information content (AvgIpc) is 3.19. The minimum Gasteiger partial charge on any atom is -0.447 e. The Balaban J connectivity index is 1.43. The van der Waals surface area contributed by atoms with Crippen molar-refractivity contribution in [1.29, 1.82) is 0 Å². The number of benzene rings is 1. The van der Waals surface area contributed by atoms with Crippen LogP contribution in [0.25, 0.3) is 0 Å². The average molecular weight is 446 g/mol. The quantitative estimate of drug-likeness (QED) is 0.202. The lowest BCUT2D eigenvalue weighted by molar-refractivity contribution is 0.0736. The van der Waals surface area contributed by atoms with Gasteiger partial charge >= 0.3 is 6.09 Å². The molecule has 1 fully saturated rings. The number of unbranched alkanes of at least 4 members (excludes halogenated alkanes) is 13. The van der Waals surface area contributed by atoms with Gasteiger partial charge in [0.1, 0.15) is 6.61 Å². The van der Waals surface area contributed by atoms with Crippen molar-refractivity contribution in [2.75, 3.05) is 19.8 Å². The Bertz CT molecular complexity index is 592. The molecule has 0 aliphatic carbocycles. The number of carbonyl (C=O) groups excluding carboxylic acids is 1. The summed E-state index contributed by atoms with van der Waals surface area (Å²) in [5, 5.41) is 0. The Morgan fingerprint density at radius 3 is 1.97 bits per heavy atom. The fourth-order valence-corrected chi connectivity index (χ4v) is 4.58. The molecule has 182 valence electrons. The predicted molar refractivity (Wildman–Crippen MR) is 133 cm³/mol. The van der Waals surface area contributed by atoms with Gasteiger partial charge in [0, 0.05) is 6.61 Å². The highest BCUT2D eigenvalue weighted by molar-refractivity contribution is 5.70. The van der Waals surface area contributed by atoms with Crippen LogP contribution in [0.4, 0.5) is 4.79 Å². The third-order valence-electron chi connectivity index (χ3n) is 6.66. The van der Waals surface area contributed by atoms with Gasteiger partial charge in [-0.15, -0.1) is 0 Å². The van der Waals surface area contributed by atoms with Crippen LogP contribution in [0, 0.1) is 0 Å². The van der Waals surface area contributed by atoms with Gasteiger partial charge in [0.2, 0.25) is 0 Å². The van der Waals surface area contributed by atoms with E-state index in [1.54, 1.807) is 0 Å². The van der Waals surface area contributed by atoms with Crippen LogP contribution in [0.2, 0.25) is 0 Å². The molecular weight excluding hydrogens is 398 g/mol. The number of hydrogen-bond donors (Lipinski definition) is 0. The Morgan fingerprint density at radius 1 is 0.875 bits per heavy atom. The largest absolute Gasteiger partial charge is 0.447 e. The summed E-state index contributed by atoms with van der Waals surface area (Å²) in [5.74, 6) is 0. The molecule has 1 saturated heterocycles. The van der Waals surface area contributed by atoms with Gasteiger partial charge in [-0.25, -0.2) is 4.79 Å². The van der Waals surface area contributed by atoms with Gasteiger partial charge < -0.3 is 9.47 Å². The van der Waals surface area contributed by atoms with E-state index in [2.05, 4.69) is 26.0 Å². The molecule has 1 aromatic carbocycles. The molecule has 1 amide bonds. The van der Waals surface area contributed by atoms with Crippen LogP contribution in [0.1, 0.15) is 115 Å². The fraction of sp³-hybridized carbons (Fsp3) is 0.750. The summed E-state index contributed by atoms with van der Waals surface area (Å²) in [7, 11) is 0. The number of amides is 1. The highest BCUT2D eigenvalue weighted by Crippen LogP contribution is 2.27. The third kappa shape index (κ3) is 10.4. The highest BCUT2D eigenvalue weighted by Gasteiger charge is 2.36. The lowest BCUT2D eigenvalue weighted by Gasteiger charge is -2.28. The number of nitrogens with zero attached hydrogens (tertiary/aromatic N) is 1. The van der Waals surface area contributed by atoms with E-state index < -0.39 is 0 Å². The second kappa shape index (κ2) is 17.0. The molecule has 1 heterocycles. The van der Waals surface area contributed by atoms with E-state index in [4.69, 9.17) is 9.47 Å². The van der Waals surface area contributed by atoms with Gasteiger partial charge in [-0.05, 0) is 18.9 Å². The molecule has 2 atom stereocenters. The van der Waals surface area contributed by atoms with Crippen molar-refractivity contribution < 1.29 is 14.3 Å². The fourth-order valence-electron chi connectivity index (χ4n) is 4.58. The predicted octanol–water partition coefficient (Wildman–Crippen LogP) is 8.07. The lowest BCUT2D eigenvalue weighted by Crippen LogP contribution is -2.38. The molecule has 0 unspecified atom stereocenters. The number of rotatable bonds is 19. The first kappa shape index (κ1) is 26.7. The van der Waals surface area contributed by atoms with E-state index in [9.17, 15) is 4.79 Å². The first-order chi connectivity index (χ1) is 15.7. The summed E-state index contributed by atoms with van der Waals surface area (Å²) >= 11 is 0. The van der Waals surface area contributed by atoms with E-state index >= 15 is 0 Å². The van der Waals surface area contributed by atoms with Gasteiger partial charge in [0.05, 0.1) is 18.7 Å². The summed E-state index contributed by atoms with van der Waals surface area (Å²) in [5.41, 5.74) is 1.13. The zero-order valence-electron chi connectivity index (χ0n) is 20.7. The molecule has 32 heavy (non-hydrogen) atoms. The van der Waals surface area contributed by atoms with E-state index in [1.807, 2.05) is 23.1 Å². The molecule has 1 aromatic rings. The standard InChI is InChI=1S/C28H47NO3/c1-3-4-5-6-7-8-9-10-11-12-13-14-15-19-22-31-23-27-24-32-28(30)29(27)25(2)26-20-17-16-18-21-26/h16-18,20-21,25,27H,3-15,19,22-24H2,1-2H3/t25-,27+/m0/s1. The Kier molecular flexibility index (Phi) is 14.2. The van der Waals surface area contributed by atoms with Gasteiger partial charge in [-0.2, -0.15) is 0 Å². The first-order valence-corrected chi connectivity index (χ1v) is 13.3. The van der Waals surface area contributed by atoms with Crippen LogP contribution in [-0.4, -0.2) is 36.9 Å². The first-order valence-electron chi connectivity index (χ1n) is 13.3. The number of carbonyl (C=O) groups is 1. The molecule has 0 bridgehead atoms. The highest BCUT2D eigenvalue weighted by atomic mass is 16.6. The zero-order valence-corrected chi connectivity index (χ0v) is 20.7. The summed E-state index contributed by atoms with van der Waals surface area (Å²) in [6.07, 6.45) is 18.9. The van der Waals surface area contributed by atoms with Gasteiger partial charge in [-0.1, -0.05) is 121 Å². The van der Waals surface area contributed by atoms with Gasteiger partial charge in [-0.3, -0.25) is 4.90 Å². The van der Waals surface area contributed by atoms with Gasteiger partial charge in [0.15, 0.2) is 0 Å². The summed E-state index contributed by atoms with van der Waals surface area (Å²) in [6, 6.07) is 10.1. The van der Waals surface area contributed by atoms with Gasteiger partial charge in [0.25, 0.3) is 0 Å². The number of ether oxygens (including phenoxy) is 2. The van der Waals surface area contributed by atoms with Crippen molar-refractivity contribution in [3.8, 4) is 0 Å². The molecule has 4 heteroatoms. The summed E-state index contributed by atoms with van der Waals surface area (Å²) < 4.78 is 11.2. The van der Waals surface area contributed by atoms with Crippen LogP contribution in [-0.2, 0) is 9.47 Å². The zero-order chi connectivity index (χ0) is 22.9. The van der Waals surface area contributed by atoms with E-state index in [0.29, 0.717) is 13.2 Å². The number of hydrogen-bond acceptors (Lipinski definition) is 3. The van der Waals surface area contributed by atoms with Crippen LogP contribution in [0.15, 0.2) is 30.3 Å². The molecule has 1 aliphatic rings. The molecule has 2 rings (SSSR count). The normalized spacial score (nSPS) is 17.0. The Morgan fingerprint density at radius 2 is 1.41 bits per heavy atom. The Hall–Kier alpha value is -1.55. The molecule has 0 N–H and O–H groups in total. The monoisotopic (exact) mass is 445 g/mol. The molecule has 0 radical (unpaired) electrons. The second-order valence-electron chi connectivity index (χ2n) is 9.40. The third-order valence-corrected chi connectivity index (χ3v) is 6.66.